The van der Waals surface area contributed by atoms with Crippen LogP contribution >= 0.6 is 31.9 Å². The minimum atomic E-state index is 0.611. The lowest BCUT2D eigenvalue weighted by Crippen LogP contribution is -1.87. The molecule has 2 radical (unpaired) electrons. The van der Waals surface area contributed by atoms with Crippen LogP contribution in [0.15, 0.2) is 9.21 Å². The van der Waals surface area contributed by atoms with E-state index < -0.39 is 0 Å². The third-order valence-corrected chi connectivity index (χ3v) is 2.15. The predicted molar refractivity (Wildman–Crippen MR) is 35.1 cm³/mol. The second-order valence-electron chi connectivity index (χ2n) is 1.10. The number of halogens is 2. The maximum absolute atomic E-state index is 5.11. The van der Waals surface area contributed by atoms with Crippen molar-refractivity contribution in [2.24, 2.45) is 0 Å². The van der Waals surface area contributed by atoms with Crippen LogP contribution in [-0.4, -0.2) is 15.0 Å². The molecular formula is C3HBr2N3. The highest BCUT2D eigenvalue weighted by Crippen LogP contribution is 2.15. The van der Waals surface area contributed by atoms with Crippen LogP contribution in [0.1, 0.15) is 0 Å². The van der Waals surface area contributed by atoms with Crippen LogP contribution in [0.3, 0.4) is 0 Å². The van der Waals surface area contributed by atoms with Gasteiger partial charge in [-0.1, -0.05) is 0 Å². The van der Waals surface area contributed by atoms with Crippen molar-refractivity contribution in [1.29, 1.82) is 0 Å². The Balaban J connectivity index is 3.14. The maximum atomic E-state index is 5.11. The predicted octanol–water partition coefficient (Wildman–Crippen LogP) is 1.32. The minimum absolute atomic E-state index is 0.611. The first kappa shape index (κ1) is 6.22. The Labute approximate surface area is 63.3 Å². The quantitative estimate of drug-likeness (QED) is 0.683. The maximum Gasteiger partial charge on any atom is 0.162 e. The molecule has 8 heavy (non-hydrogen) atoms. The summed E-state index contributed by atoms with van der Waals surface area (Å²) in [7, 11) is 5.11. The lowest BCUT2D eigenvalue weighted by molar-refractivity contribution is 0.739. The van der Waals surface area contributed by atoms with Gasteiger partial charge in [-0.2, -0.15) is 4.80 Å². The lowest BCUT2D eigenvalue weighted by Gasteiger charge is -1.74. The molecule has 0 amide bonds. The molecule has 5 heteroatoms. The first-order valence-electron chi connectivity index (χ1n) is 1.73. The molecule has 1 heterocycles. The highest BCUT2D eigenvalue weighted by atomic mass is 79.9. The van der Waals surface area contributed by atoms with E-state index in [1.54, 1.807) is 0 Å². The topological polar surface area (TPSA) is 30.7 Å². The van der Waals surface area contributed by atoms with Crippen LogP contribution in [0.25, 0.3) is 0 Å². The highest BCUT2D eigenvalue weighted by Gasteiger charge is 1.99. The molecule has 0 fully saturated rings. The third-order valence-electron chi connectivity index (χ3n) is 0.551. The van der Waals surface area contributed by atoms with Gasteiger partial charge in [0.2, 0.25) is 0 Å². The van der Waals surface area contributed by atoms with E-state index in [1.807, 2.05) is 0 Å². The summed E-state index contributed by atoms with van der Waals surface area (Å²) in [5, 5.41) is 7.33. The number of hydrogen-bond acceptors (Lipinski definition) is 2. The second-order valence-corrected chi connectivity index (χ2v) is 2.60. The fourth-order valence-corrected chi connectivity index (χ4v) is 0.768. The van der Waals surface area contributed by atoms with Crippen molar-refractivity contribution in [2.75, 3.05) is 0 Å². The number of rotatable bonds is 0. The number of hydrogen-bond donors (Lipinski definition) is 0. The van der Waals surface area contributed by atoms with Crippen LogP contribution in [0.5, 0.6) is 0 Å². The van der Waals surface area contributed by atoms with Crippen molar-refractivity contribution in [3.63, 3.8) is 0 Å². The Bertz CT molecular complexity index is 175. The summed E-state index contributed by atoms with van der Waals surface area (Å²) in [4.78, 5) is 0.980. The molecule has 0 saturated carbocycles. The van der Waals surface area contributed by atoms with E-state index in [2.05, 4.69) is 42.1 Å². The molecule has 0 aromatic carbocycles. The van der Waals surface area contributed by atoms with E-state index in [1.165, 1.54) is 0 Å². The fourth-order valence-electron chi connectivity index (χ4n) is 0.285. The van der Waals surface area contributed by atoms with Crippen molar-refractivity contribution >= 4 is 31.9 Å². The Morgan fingerprint density at radius 3 is 1.75 bits per heavy atom. The standard InChI is InChI=1S/C3HBr2N3/c1-8-6-2(4)3(5)7-8/h1H. The Morgan fingerprint density at radius 2 is 1.62 bits per heavy atom. The van der Waals surface area contributed by atoms with Gasteiger partial charge in [0.25, 0.3) is 0 Å². The van der Waals surface area contributed by atoms with Gasteiger partial charge < -0.3 is 0 Å². The molecular weight excluding hydrogens is 238 g/mol. The van der Waals surface area contributed by atoms with Gasteiger partial charge in [-0.05, 0) is 31.9 Å². The Hall–Kier alpha value is 0.1000. The molecule has 0 atom stereocenters. The first-order chi connectivity index (χ1) is 3.70. The van der Waals surface area contributed by atoms with Gasteiger partial charge in [-0.3, -0.25) is 0 Å². The summed E-state index contributed by atoms with van der Waals surface area (Å²) >= 11 is 6.19. The molecule has 0 spiro atoms. The first-order valence-corrected chi connectivity index (χ1v) is 3.32. The summed E-state index contributed by atoms with van der Waals surface area (Å²) < 4.78 is 1.22. The SMILES string of the molecule is [CH]n1nc(Br)c(Br)n1. The summed E-state index contributed by atoms with van der Waals surface area (Å²) in [5.74, 6) is 0. The summed E-state index contributed by atoms with van der Waals surface area (Å²) in [6.45, 7) is 0. The van der Waals surface area contributed by atoms with E-state index in [0.29, 0.717) is 9.21 Å². The summed E-state index contributed by atoms with van der Waals surface area (Å²) in [6.07, 6.45) is 0. The van der Waals surface area contributed by atoms with Gasteiger partial charge in [0.05, 0.1) is 0 Å². The summed E-state index contributed by atoms with van der Waals surface area (Å²) in [6, 6.07) is 0. The second kappa shape index (κ2) is 2.14. The molecule has 0 N–H and O–H groups in total. The average molecular weight is 239 g/mol. The molecule has 42 valence electrons. The molecule has 0 aliphatic heterocycles. The van der Waals surface area contributed by atoms with E-state index in [0.717, 1.165) is 4.80 Å². The molecule has 1 rings (SSSR count). The van der Waals surface area contributed by atoms with Gasteiger partial charge in [0.1, 0.15) is 7.05 Å². The summed E-state index contributed by atoms with van der Waals surface area (Å²) in [5.41, 5.74) is 0. The molecule has 0 bridgehead atoms. The number of nitrogens with zero attached hydrogens (tertiary/aromatic N) is 3. The largest absolute Gasteiger partial charge is 0.175 e. The normalized spacial score (nSPS) is 9.88. The molecule has 0 aliphatic rings. The molecule has 0 aliphatic carbocycles. The molecule has 0 unspecified atom stereocenters. The third kappa shape index (κ3) is 1.08. The van der Waals surface area contributed by atoms with E-state index in [-0.39, 0.29) is 0 Å². The van der Waals surface area contributed by atoms with Gasteiger partial charge in [0, 0.05) is 0 Å². The zero-order valence-electron chi connectivity index (χ0n) is 3.67. The molecule has 0 saturated heterocycles. The minimum Gasteiger partial charge on any atom is -0.175 e. The zero-order chi connectivity index (χ0) is 6.15. The molecule has 1 aromatic heterocycles. The molecule has 1 aromatic rings. The van der Waals surface area contributed by atoms with E-state index in [9.17, 15) is 0 Å². The fraction of sp³-hybridized carbons (Fsp3) is 0. The van der Waals surface area contributed by atoms with Crippen molar-refractivity contribution < 1.29 is 0 Å². The average Bonchev–Trinajstić information content (AvgIpc) is 1.85. The lowest BCUT2D eigenvalue weighted by atomic mass is 11.0. The molecule has 3 nitrogen and oxygen atoms in total. The number of aromatic nitrogens is 3. The zero-order valence-corrected chi connectivity index (χ0v) is 6.85. The van der Waals surface area contributed by atoms with E-state index in [4.69, 9.17) is 7.05 Å². The van der Waals surface area contributed by atoms with Crippen molar-refractivity contribution in [2.45, 2.75) is 0 Å². The van der Waals surface area contributed by atoms with Gasteiger partial charge in [-0.15, -0.1) is 10.2 Å². The van der Waals surface area contributed by atoms with Crippen LogP contribution in [-0.2, 0) is 0 Å². The smallest absolute Gasteiger partial charge is 0.162 e. The van der Waals surface area contributed by atoms with Crippen molar-refractivity contribution in [1.82, 2.24) is 15.0 Å². The van der Waals surface area contributed by atoms with Crippen LogP contribution in [0, 0.1) is 7.05 Å². The van der Waals surface area contributed by atoms with Gasteiger partial charge >= 0.3 is 0 Å². The van der Waals surface area contributed by atoms with E-state index >= 15 is 0 Å². The van der Waals surface area contributed by atoms with Gasteiger partial charge in [-0.25, -0.2) is 0 Å². The monoisotopic (exact) mass is 237 g/mol. The van der Waals surface area contributed by atoms with Crippen molar-refractivity contribution in [3.8, 4) is 0 Å². The highest BCUT2D eigenvalue weighted by molar-refractivity contribution is 9.13. The van der Waals surface area contributed by atoms with Crippen molar-refractivity contribution in [3.05, 3.63) is 16.3 Å². The Morgan fingerprint density at radius 1 is 1.25 bits per heavy atom. The van der Waals surface area contributed by atoms with Gasteiger partial charge in [0.15, 0.2) is 9.21 Å². The van der Waals surface area contributed by atoms with Crippen LogP contribution < -0.4 is 0 Å². The Kier molecular flexibility index (Phi) is 1.67. The van der Waals surface area contributed by atoms with Crippen LogP contribution in [0.2, 0.25) is 0 Å². The van der Waals surface area contributed by atoms with Crippen LogP contribution in [0.4, 0.5) is 0 Å².